The van der Waals surface area contributed by atoms with Gasteiger partial charge < -0.3 is 15.4 Å². The Kier molecular flexibility index (Phi) is 8.40. The molecule has 0 saturated carbocycles. The number of carbonyl (C=O) groups excluding carboxylic acids is 2. The third-order valence-corrected chi connectivity index (χ3v) is 6.50. The lowest BCUT2D eigenvalue weighted by molar-refractivity contribution is -0.132. The summed E-state index contributed by atoms with van der Waals surface area (Å²) in [5, 5.41) is 8.39. The number of ether oxygens (including phenoxy) is 1. The molecule has 1 aromatic carbocycles. The fourth-order valence-electron chi connectivity index (χ4n) is 3.76. The molecule has 2 atom stereocenters. The molecule has 8 nitrogen and oxygen atoms in total. The smallest absolute Gasteiger partial charge is 0.225 e. The Hall–Kier alpha value is -3.08. The van der Waals surface area contributed by atoms with Crippen LogP contribution in [0.5, 0.6) is 0 Å². The SMILES string of the molecule is O=C(N[C@@H](C(=O)COCCF)c1nc(-c2ccc(-c3cncnc3)cc2)cs1)C1CCCNC1. The van der Waals surface area contributed by atoms with E-state index in [1.165, 1.54) is 17.7 Å². The van der Waals surface area contributed by atoms with Crippen molar-refractivity contribution in [3.63, 3.8) is 0 Å². The van der Waals surface area contributed by atoms with Crippen molar-refractivity contribution in [3.8, 4) is 22.4 Å². The van der Waals surface area contributed by atoms with Crippen LogP contribution in [0.1, 0.15) is 23.9 Å². The minimum Gasteiger partial charge on any atom is -0.371 e. The zero-order valence-electron chi connectivity index (χ0n) is 18.6. The lowest BCUT2D eigenvalue weighted by Gasteiger charge is -2.24. The lowest BCUT2D eigenvalue weighted by Crippen LogP contribution is -2.44. The van der Waals surface area contributed by atoms with Crippen LogP contribution < -0.4 is 10.6 Å². The number of amides is 1. The van der Waals surface area contributed by atoms with E-state index < -0.39 is 12.7 Å². The van der Waals surface area contributed by atoms with Gasteiger partial charge in [0, 0.05) is 35.4 Å². The van der Waals surface area contributed by atoms with Crippen molar-refractivity contribution in [3.05, 3.63) is 53.4 Å². The maximum absolute atomic E-state index is 12.9. The van der Waals surface area contributed by atoms with Crippen LogP contribution in [-0.2, 0) is 14.3 Å². The Morgan fingerprint density at radius 2 is 1.94 bits per heavy atom. The molecule has 1 aliphatic rings. The topological polar surface area (TPSA) is 106 Å². The Morgan fingerprint density at radius 3 is 2.65 bits per heavy atom. The van der Waals surface area contributed by atoms with Gasteiger partial charge in [-0.05, 0) is 24.9 Å². The predicted molar refractivity (Wildman–Crippen MR) is 127 cm³/mol. The summed E-state index contributed by atoms with van der Waals surface area (Å²) in [7, 11) is 0. The van der Waals surface area contributed by atoms with E-state index >= 15 is 0 Å². The number of hydrogen-bond donors (Lipinski definition) is 2. The average molecular weight is 484 g/mol. The fraction of sp³-hybridized carbons (Fsp3) is 0.375. The number of alkyl halides is 1. The second-order valence-corrected chi connectivity index (χ2v) is 8.86. The predicted octanol–water partition coefficient (Wildman–Crippen LogP) is 2.98. The van der Waals surface area contributed by atoms with Gasteiger partial charge in [0.25, 0.3) is 0 Å². The van der Waals surface area contributed by atoms with E-state index in [0.717, 1.165) is 36.1 Å². The van der Waals surface area contributed by atoms with E-state index in [1.807, 2.05) is 29.6 Å². The molecule has 34 heavy (non-hydrogen) atoms. The molecule has 2 N–H and O–H groups in total. The molecular weight excluding hydrogens is 457 g/mol. The summed E-state index contributed by atoms with van der Waals surface area (Å²) in [6, 6.07) is 6.86. The van der Waals surface area contributed by atoms with Gasteiger partial charge in [0.05, 0.1) is 18.2 Å². The van der Waals surface area contributed by atoms with Gasteiger partial charge in [-0.1, -0.05) is 24.3 Å². The molecular formula is C24H26FN5O3S. The molecule has 1 fully saturated rings. The fourth-order valence-corrected chi connectivity index (χ4v) is 4.66. The maximum atomic E-state index is 12.9. The van der Waals surface area contributed by atoms with Crippen LogP contribution in [0.15, 0.2) is 48.4 Å². The standard InChI is InChI=1S/C24H26FN5O3S/c25-7-9-33-13-21(31)22(30-23(32)18-2-1-8-26-10-18)24-29-20(14-34-24)17-5-3-16(4-6-17)19-11-27-15-28-12-19/h3-6,11-12,14-15,18,22,26H,1-2,7-10,13H2,(H,30,32)/t18?,22-/m0/s1. The summed E-state index contributed by atoms with van der Waals surface area (Å²) in [4.78, 5) is 38.4. The highest BCUT2D eigenvalue weighted by atomic mass is 32.1. The van der Waals surface area contributed by atoms with E-state index in [1.54, 1.807) is 12.4 Å². The molecule has 0 bridgehead atoms. The highest BCUT2D eigenvalue weighted by Crippen LogP contribution is 2.28. The molecule has 3 heterocycles. The second-order valence-electron chi connectivity index (χ2n) is 7.97. The Bertz CT molecular complexity index is 1090. The number of halogens is 1. The van der Waals surface area contributed by atoms with Crippen LogP contribution in [0.2, 0.25) is 0 Å². The van der Waals surface area contributed by atoms with Gasteiger partial charge in [-0.3, -0.25) is 9.59 Å². The number of aromatic nitrogens is 3. The van der Waals surface area contributed by atoms with Crippen molar-refractivity contribution in [1.29, 1.82) is 0 Å². The number of Topliss-reactive ketones (excluding diaryl/α,β-unsaturated/α-hetero) is 1. The first kappa shape index (κ1) is 24.1. The molecule has 10 heteroatoms. The molecule has 0 radical (unpaired) electrons. The number of carbonyl (C=O) groups is 2. The number of thiazole rings is 1. The van der Waals surface area contributed by atoms with E-state index in [9.17, 15) is 14.0 Å². The number of hydrogen-bond acceptors (Lipinski definition) is 8. The summed E-state index contributed by atoms with van der Waals surface area (Å²) in [6.45, 7) is 0.327. The molecule has 1 unspecified atom stereocenters. The maximum Gasteiger partial charge on any atom is 0.225 e. The van der Waals surface area contributed by atoms with Crippen molar-refractivity contribution in [2.75, 3.05) is 33.0 Å². The van der Waals surface area contributed by atoms with E-state index in [-0.39, 0.29) is 30.8 Å². The highest BCUT2D eigenvalue weighted by Gasteiger charge is 2.29. The number of nitrogens with one attached hydrogen (secondary N) is 2. The van der Waals surface area contributed by atoms with Gasteiger partial charge in [-0.25, -0.2) is 19.3 Å². The van der Waals surface area contributed by atoms with Crippen LogP contribution in [-0.4, -0.2) is 59.6 Å². The first-order valence-corrected chi connectivity index (χ1v) is 12.0. The largest absolute Gasteiger partial charge is 0.371 e. The van der Waals surface area contributed by atoms with Crippen LogP contribution in [0, 0.1) is 5.92 Å². The quantitative estimate of drug-likeness (QED) is 0.427. The Morgan fingerprint density at radius 1 is 1.18 bits per heavy atom. The molecule has 0 spiro atoms. The molecule has 2 aromatic heterocycles. The first-order valence-electron chi connectivity index (χ1n) is 11.1. The lowest BCUT2D eigenvalue weighted by atomic mass is 9.98. The molecule has 4 rings (SSSR count). The Labute approximate surface area is 201 Å². The van der Waals surface area contributed by atoms with Crippen molar-refractivity contribution < 1.29 is 18.7 Å². The van der Waals surface area contributed by atoms with Gasteiger partial charge in [-0.2, -0.15) is 0 Å². The van der Waals surface area contributed by atoms with E-state index in [0.29, 0.717) is 17.2 Å². The van der Waals surface area contributed by atoms with Crippen molar-refractivity contribution >= 4 is 23.0 Å². The zero-order chi connectivity index (χ0) is 23.8. The summed E-state index contributed by atoms with van der Waals surface area (Å²) >= 11 is 1.30. The van der Waals surface area contributed by atoms with Gasteiger partial charge in [-0.15, -0.1) is 11.3 Å². The van der Waals surface area contributed by atoms with Crippen molar-refractivity contribution in [2.45, 2.75) is 18.9 Å². The number of benzene rings is 1. The van der Waals surface area contributed by atoms with Gasteiger partial charge in [0.15, 0.2) is 5.78 Å². The third kappa shape index (κ3) is 6.07. The Balaban J connectivity index is 1.51. The van der Waals surface area contributed by atoms with Crippen LogP contribution in [0.4, 0.5) is 4.39 Å². The number of piperidine rings is 1. The van der Waals surface area contributed by atoms with Gasteiger partial charge in [0.1, 0.15) is 30.7 Å². The van der Waals surface area contributed by atoms with Crippen LogP contribution in [0.25, 0.3) is 22.4 Å². The number of ketones is 1. The number of rotatable bonds is 10. The molecule has 1 saturated heterocycles. The van der Waals surface area contributed by atoms with Crippen LogP contribution in [0.3, 0.4) is 0 Å². The zero-order valence-corrected chi connectivity index (χ0v) is 19.4. The minimum atomic E-state index is -0.937. The first-order chi connectivity index (χ1) is 16.7. The monoisotopic (exact) mass is 483 g/mol. The summed E-state index contributed by atoms with van der Waals surface area (Å²) in [5.74, 6) is -0.752. The number of nitrogens with zero attached hydrogens (tertiary/aromatic N) is 3. The summed E-state index contributed by atoms with van der Waals surface area (Å²) < 4.78 is 17.5. The molecule has 178 valence electrons. The van der Waals surface area contributed by atoms with Crippen molar-refractivity contribution in [1.82, 2.24) is 25.6 Å². The second kappa shape index (κ2) is 11.9. The average Bonchev–Trinajstić information content (AvgIpc) is 3.38. The highest BCUT2D eigenvalue weighted by molar-refractivity contribution is 7.10. The van der Waals surface area contributed by atoms with Crippen LogP contribution >= 0.6 is 11.3 Å². The van der Waals surface area contributed by atoms with Gasteiger partial charge in [0.2, 0.25) is 5.91 Å². The third-order valence-electron chi connectivity index (χ3n) is 5.59. The molecule has 1 aliphatic heterocycles. The van der Waals surface area contributed by atoms with Gasteiger partial charge >= 0.3 is 0 Å². The summed E-state index contributed by atoms with van der Waals surface area (Å²) in [6.07, 6.45) is 6.64. The molecule has 0 aliphatic carbocycles. The van der Waals surface area contributed by atoms with E-state index in [4.69, 9.17) is 4.74 Å². The normalized spacial score (nSPS) is 16.7. The summed E-state index contributed by atoms with van der Waals surface area (Å²) in [5.41, 5.74) is 3.47. The van der Waals surface area contributed by atoms with Crippen molar-refractivity contribution in [2.24, 2.45) is 5.92 Å². The molecule has 3 aromatic rings. The minimum absolute atomic E-state index is 0.166. The molecule has 1 amide bonds. The van der Waals surface area contributed by atoms with E-state index in [2.05, 4.69) is 25.6 Å².